The van der Waals surface area contributed by atoms with E-state index in [-0.39, 0.29) is 0 Å². The summed E-state index contributed by atoms with van der Waals surface area (Å²) >= 11 is 5.79. The quantitative estimate of drug-likeness (QED) is 0.785. The highest BCUT2D eigenvalue weighted by Crippen LogP contribution is 2.21. The van der Waals surface area contributed by atoms with Crippen LogP contribution in [0.2, 0.25) is 5.22 Å². The molecule has 0 unspecified atom stereocenters. The van der Waals surface area contributed by atoms with E-state index in [9.17, 15) is 0 Å². The van der Waals surface area contributed by atoms with E-state index >= 15 is 0 Å². The lowest BCUT2D eigenvalue weighted by molar-refractivity contribution is 0.184. The SMILES string of the molecule is CNCc1cc(COC)c(Cl)o1. The molecule has 0 atom stereocenters. The van der Waals surface area contributed by atoms with Gasteiger partial charge in [-0.05, 0) is 24.7 Å². The summed E-state index contributed by atoms with van der Waals surface area (Å²) in [7, 11) is 3.48. The van der Waals surface area contributed by atoms with Crippen molar-refractivity contribution in [3.8, 4) is 0 Å². The van der Waals surface area contributed by atoms with Gasteiger partial charge < -0.3 is 14.5 Å². The minimum absolute atomic E-state index is 0.419. The van der Waals surface area contributed by atoms with E-state index in [0.29, 0.717) is 18.4 Å². The van der Waals surface area contributed by atoms with E-state index in [2.05, 4.69) is 5.32 Å². The number of ether oxygens (including phenoxy) is 1. The highest BCUT2D eigenvalue weighted by molar-refractivity contribution is 6.29. The summed E-state index contributed by atoms with van der Waals surface area (Å²) in [6.45, 7) is 1.18. The molecule has 0 fully saturated rings. The highest BCUT2D eigenvalue weighted by Gasteiger charge is 2.07. The zero-order chi connectivity index (χ0) is 8.97. The van der Waals surface area contributed by atoms with Gasteiger partial charge >= 0.3 is 0 Å². The van der Waals surface area contributed by atoms with Gasteiger partial charge in [-0.2, -0.15) is 0 Å². The second-order valence-corrected chi connectivity index (χ2v) is 2.82. The van der Waals surface area contributed by atoms with Crippen molar-refractivity contribution in [3.63, 3.8) is 0 Å². The Balaban J connectivity index is 2.70. The van der Waals surface area contributed by atoms with Crippen LogP contribution in [0.4, 0.5) is 0 Å². The second-order valence-electron chi connectivity index (χ2n) is 2.47. The van der Waals surface area contributed by atoms with Crippen LogP contribution in [-0.2, 0) is 17.9 Å². The van der Waals surface area contributed by atoms with Gasteiger partial charge in [-0.25, -0.2) is 0 Å². The lowest BCUT2D eigenvalue weighted by Crippen LogP contribution is -2.03. The first-order valence-electron chi connectivity index (χ1n) is 3.68. The van der Waals surface area contributed by atoms with Crippen LogP contribution in [0, 0.1) is 0 Å². The van der Waals surface area contributed by atoms with Crippen molar-refractivity contribution in [3.05, 3.63) is 22.6 Å². The third-order valence-corrected chi connectivity index (χ3v) is 1.78. The normalized spacial score (nSPS) is 10.6. The van der Waals surface area contributed by atoms with Crippen LogP contribution in [0.25, 0.3) is 0 Å². The Morgan fingerprint density at radius 1 is 1.67 bits per heavy atom. The van der Waals surface area contributed by atoms with Crippen LogP contribution < -0.4 is 5.32 Å². The predicted molar refractivity (Wildman–Crippen MR) is 47.2 cm³/mol. The first-order valence-corrected chi connectivity index (χ1v) is 4.06. The molecular weight excluding hydrogens is 178 g/mol. The summed E-state index contributed by atoms with van der Waals surface area (Å²) in [6, 6.07) is 1.89. The van der Waals surface area contributed by atoms with Crippen molar-refractivity contribution in [1.82, 2.24) is 5.32 Å². The van der Waals surface area contributed by atoms with Crippen molar-refractivity contribution in [2.24, 2.45) is 0 Å². The fourth-order valence-corrected chi connectivity index (χ4v) is 1.18. The Labute approximate surface area is 76.7 Å². The maximum absolute atomic E-state index is 5.79. The molecule has 0 spiro atoms. The lowest BCUT2D eigenvalue weighted by atomic mass is 10.3. The highest BCUT2D eigenvalue weighted by atomic mass is 35.5. The average molecular weight is 190 g/mol. The van der Waals surface area contributed by atoms with Gasteiger partial charge in [0.1, 0.15) is 5.76 Å². The summed E-state index contributed by atoms with van der Waals surface area (Å²) < 4.78 is 10.2. The fraction of sp³-hybridized carbons (Fsp3) is 0.500. The van der Waals surface area contributed by atoms with Crippen molar-refractivity contribution < 1.29 is 9.15 Å². The lowest BCUT2D eigenvalue weighted by Gasteiger charge is -1.91. The van der Waals surface area contributed by atoms with Crippen LogP contribution in [0.3, 0.4) is 0 Å². The molecule has 0 aliphatic rings. The molecule has 0 radical (unpaired) electrons. The molecule has 0 saturated carbocycles. The third-order valence-electron chi connectivity index (χ3n) is 1.46. The molecule has 0 bridgehead atoms. The van der Waals surface area contributed by atoms with Crippen molar-refractivity contribution in [2.75, 3.05) is 14.2 Å². The van der Waals surface area contributed by atoms with Gasteiger partial charge in [0.25, 0.3) is 0 Å². The molecule has 0 aliphatic heterocycles. The molecule has 1 heterocycles. The minimum atomic E-state index is 0.419. The third kappa shape index (κ3) is 2.24. The standard InChI is InChI=1S/C8H12ClNO2/c1-10-4-7-3-6(5-11-2)8(9)12-7/h3,10H,4-5H2,1-2H3. The fourth-order valence-electron chi connectivity index (χ4n) is 0.976. The Kier molecular flexibility index (Phi) is 3.59. The Hall–Kier alpha value is -0.510. The molecule has 1 aromatic rings. The van der Waals surface area contributed by atoms with Gasteiger partial charge in [0.05, 0.1) is 13.2 Å². The second kappa shape index (κ2) is 4.50. The van der Waals surface area contributed by atoms with Crippen molar-refractivity contribution in [2.45, 2.75) is 13.2 Å². The van der Waals surface area contributed by atoms with Gasteiger partial charge in [-0.3, -0.25) is 0 Å². The van der Waals surface area contributed by atoms with Gasteiger partial charge in [0.15, 0.2) is 5.22 Å². The number of hydrogen-bond acceptors (Lipinski definition) is 3. The van der Waals surface area contributed by atoms with Gasteiger partial charge in [-0.15, -0.1) is 0 Å². The van der Waals surface area contributed by atoms with E-state index in [1.54, 1.807) is 7.11 Å². The predicted octanol–water partition coefficient (Wildman–Crippen LogP) is 1.80. The number of hydrogen-bond donors (Lipinski definition) is 1. The first kappa shape index (κ1) is 9.58. The number of nitrogens with one attached hydrogen (secondary N) is 1. The molecule has 1 aromatic heterocycles. The minimum Gasteiger partial charge on any atom is -0.448 e. The van der Waals surface area contributed by atoms with E-state index < -0.39 is 0 Å². The van der Waals surface area contributed by atoms with E-state index in [0.717, 1.165) is 11.3 Å². The van der Waals surface area contributed by atoms with Gasteiger partial charge in [0.2, 0.25) is 0 Å². The van der Waals surface area contributed by atoms with Crippen LogP contribution in [0.1, 0.15) is 11.3 Å². The smallest absolute Gasteiger partial charge is 0.199 e. The van der Waals surface area contributed by atoms with Crippen LogP contribution in [0.5, 0.6) is 0 Å². The Bertz CT molecular complexity index is 247. The van der Waals surface area contributed by atoms with Crippen molar-refractivity contribution >= 4 is 11.6 Å². The Morgan fingerprint density at radius 2 is 2.42 bits per heavy atom. The summed E-state index contributed by atoms with van der Waals surface area (Å²) in [5.41, 5.74) is 0.893. The van der Waals surface area contributed by atoms with Crippen LogP contribution in [0.15, 0.2) is 10.5 Å². The molecule has 0 amide bonds. The molecule has 1 N–H and O–H groups in total. The molecule has 4 heteroatoms. The zero-order valence-electron chi connectivity index (χ0n) is 7.19. The topological polar surface area (TPSA) is 34.4 Å². The summed E-state index contributed by atoms with van der Waals surface area (Å²) in [6.07, 6.45) is 0. The molecule has 68 valence electrons. The van der Waals surface area contributed by atoms with Crippen LogP contribution >= 0.6 is 11.6 Å². The summed E-state index contributed by atoms with van der Waals surface area (Å²) in [4.78, 5) is 0. The monoisotopic (exact) mass is 189 g/mol. The maximum Gasteiger partial charge on any atom is 0.199 e. The zero-order valence-corrected chi connectivity index (χ0v) is 7.94. The summed E-state index contributed by atoms with van der Waals surface area (Å²) in [5, 5.41) is 3.39. The van der Waals surface area contributed by atoms with Crippen LogP contribution in [-0.4, -0.2) is 14.2 Å². The van der Waals surface area contributed by atoms with Crippen molar-refractivity contribution in [1.29, 1.82) is 0 Å². The first-order chi connectivity index (χ1) is 5.77. The molecule has 0 saturated heterocycles. The molecule has 0 aromatic carbocycles. The number of furan rings is 1. The van der Waals surface area contributed by atoms with Gasteiger partial charge in [-0.1, -0.05) is 0 Å². The Morgan fingerprint density at radius 3 is 3.00 bits per heavy atom. The molecular formula is C8H12ClNO2. The average Bonchev–Trinajstić information content (AvgIpc) is 2.34. The van der Waals surface area contributed by atoms with E-state index in [4.69, 9.17) is 20.8 Å². The summed E-state index contributed by atoms with van der Waals surface area (Å²) in [5.74, 6) is 0.828. The molecule has 1 rings (SSSR count). The molecule has 12 heavy (non-hydrogen) atoms. The maximum atomic E-state index is 5.79. The number of methoxy groups -OCH3 is 1. The van der Waals surface area contributed by atoms with E-state index in [1.165, 1.54) is 0 Å². The van der Waals surface area contributed by atoms with E-state index in [1.807, 2.05) is 13.1 Å². The molecule has 0 aliphatic carbocycles. The number of halogens is 1. The van der Waals surface area contributed by atoms with Gasteiger partial charge in [0, 0.05) is 12.7 Å². The largest absolute Gasteiger partial charge is 0.448 e. The molecule has 3 nitrogen and oxygen atoms in total. The number of rotatable bonds is 4.